The average Bonchev–Trinajstić information content (AvgIpc) is 2.77. The molecule has 3 N–H and O–H groups in total. The van der Waals surface area contributed by atoms with Gasteiger partial charge in [-0.1, -0.05) is 0 Å². The van der Waals surface area contributed by atoms with Crippen LogP contribution in [0.15, 0.2) is 17.1 Å². The first-order valence-corrected chi connectivity index (χ1v) is 3.75. The molecule has 3 nitrogen and oxygen atoms in total. The molecule has 1 fully saturated rings. The number of nitrogens with one attached hydrogen (secondary N) is 1. The van der Waals surface area contributed by atoms with E-state index in [1.165, 1.54) is 18.4 Å². The Kier molecular flexibility index (Phi) is 1.24. The Bertz CT molecular complexity index is 325. The van der Waals surface area contributed by atoms with Crippen molar-refractivity contribution < 1.29 is 0 Å². The third kappa shape index (κ3) is 1.13. The second-order valence-corrected chi connectivity index (χ2v) is 2.99. The summed E-state index contributed by atoms with van der Waals surface area (Å²) in [4.78, 5) is 13.4. The first-order valence-electron chi connectivity index (χ1n) is 3.75. The standard InChI is InChI=1S/C8H10N2O/c9-7-3-6(5-1-2-5)4-10-8(7)11/h3-5H,1-2,9H2,(H,10,11). The Hall–Kier alpha value is -1.25. The predicted octanol–water partition coefficient (Wildman–Crippen LogP) is 0.835. The van der Waals surface area contributed by atoms with Gasteiger partial charge in [-0.3, -0.25) is 4.79 Å². The number of rotatable bonds is 1. The van der Waals surface area contributed by atoms with Gasteiger partial charge in [-0.15, -0.1) is 0 Å². The second kappa shape index (κ2) is 2.12. The van der Waals surface area contributed by atoms with Crippen molar-refractivity contribution >= 4 is 5.69 Å². The highest BCUT2D eigenvalue weighted by atomic mass is 16.1. The smallest absolute Gasteiger partial charge is 0.271 e. The molecule has 0 unspecified atom stereocenters. The maximum absolute atomic E-state index is 10.8. The van der Waals surface area contributed by atoms with Crippen LogP contribution in [0.2, 0.25) is 0 Å². The minimum absolute atomic E-state index is 0.186. The molecule has 1 aromatic rings. The number of aromatic nitrogens is 1. The first-order chi connectivity index (χ1) is 5.27. The predicted molar refractivity (Wildman–Crippen MR) is 43.5 cm³/mol. The number of hydrogen-bond donors (Lipinski definition) is 2. The van der Waals surface area contributed by atoms with Crippen LogP contribution in [-0.4, -0.2) is 4.98 Å². The summed E-state index contributed by atoms with van der Waals surface area (Å²) in [6, 6.07) is 1.77. The van der Waals surface area contributed by atoms with E-state index < -0.39 is 0 Å². The quantitative estimate of drug-likeness (QED) is 0.623. The van der Waals surface area contributed by atoms with Gasteiger partial charge in [0.25, 0.3) is 5.56 Å². The SMILES string of the molecule is Nc1cc(C2CC2)c[nH]c1=O. The van der Waals surface area contributed by atoms with E-state index in [2.05, 4.69) is 4.98 Å². The van der Waals surface area contributed by atoms with Crippen LogP contribution in [0, 0.1) is 0 Å². The van der Waals surface area contributed by atoms with Crippen molar-refractivity contribution in [3.05, 3.63) is 28.2 Å². The van der Waals surface area contributed by atoms with Crippen molar-refractivity contribution in [1.29, 1.82) is 0 Å². The molecule has 0 aromatic carbocycles. The fourth-order valence-corrected chi connectivity index (χ4v) is 1.17. The Balaban J connectivity index is 2.44. The lowest BCUT2D eigenvalue weighted by Gasteiger charge is -1.97. The van der Waals surface area contributed by atoms with Crippen LogP contribution < -0.4 is 11.3 Å². The third-order valence-corrected chi connectivity index (χ3v) is 2.00. The Morgan fingerprint density at radius 1 is 1.55 bits per heavy atom. The first kappa shape index (κ1) is 6.46. The zero-order valence-corrected chi connectivity index (χ0v) is 6.13. The minimum atomic E-state index is -0.186. The molecule has 1 aliphatic rings. The molecule has 0 atom stereocenters. The molecule has 2 rings (SSSR count). The summed E-state index contributed by atoms with van der Waals surface area (Å²) in [5.41, 5.74) is 6.75. The van der Waals surface area contributed by atoms with Gasteiger partial charge in [0.1, 0.15) is 0 Å². The van der Waals surface area contributed by atoms with Crippen molar-refractivity contribution in [3.63, 3.8) is 0 Å². The molecule has 0 aliphatic heterocycles. The van der Waals surface area contributed by atoms with Gasteiger partial charge < -0.3 is 10.7 Å². The summed E-state index contributed by atoms with van der Waals surface area (Å²) in [5, 5.41) is 0. The van der Waals surface area contributed by atoms with E-state index in [0.29, 0.717) is 11.6 Å². The topological polar surface area (TPSA) is 58.9 Å². The lowest BCUT2D eigenvalue weighted by Crippen LogP contribution is -2.11. The zero-order chi connectivity index (χ0) is 7.84. The average molecular weight is 150 g/mol. The summed E-state index contributed by atoms with van der Waals surface area (Å²) < 4.78 is 0. The number of nitrogen functional groups attached to an aromatic ring is 1. The lowest BCUT2D eigenvalue weighted by atomic mass is 10.2. The molecular weight excluding hydrogens is 140 g/mol. The monoisotopic (exact) mass is 150 g/mol. The van der Waals surface area contributed by atoms with Gasteiger partial charge in [0.15, 0.2) is 0 Å². The maximum Gasteiger partial charge on any atom is 0.271 e. The molecule has 0 radical (unpaired) electrons. The number of H-pyrrole nitrogens is 1. The van der Waals surface area contributed by atoms with Crippen molar-refractivity contribution in [1.82, 2.24) is 4.98 Å². The van der Waals surface area contributed by atoms with Crippen molar-refractivity contribution in [2.75, 3.05) is 5.73 Å². The number of nitrogens with two attached hydrogens (primary N) is 1. The lowest BCUT2D eigenvalue weighted by molar-refractivity contribution is 1.08. The van der Waals surface area contributed by atoms with Crippen LogP contribution in [0.5, 0.6) is 0 Å². The zero-order valence-electron chi connectivity index (χ0n) is 6.13. The molecular formula is C8H10N2O. The van der Waals surface area contributed by atoms with Gasteiger partial charge in [-0.25, -0.2) is 0 Å². The van der Waals surface area contributed by atoms with E-state index in [4.69, 9.17) is 5.73 Å². The third-order valence-electron chi connectivity index (χ3n) is 2.00. The Morgan fingerprint density at radius 3 is 2.82 bits per heavy atom. The van der Waals surface area contributed by atoms with Gasteiger partial charge in [0.05, 0.1) is 5.69 Å². The molecule has 0 saturated heterocycles. The molecule has 1 heterocycles. The molecule has 0 bridgehead atoms. The molecule has 0 amide bonds. The summed E-state index contributed by atoms with van der Waals surface area (Å²) in [7, 11) is 0. The van der Waals surface area contributed by atoms with Gasteiger partial charge in [-0.2, -0.15) is 0 Å². The van der Waals surface area contributed by atoms with Crippen LogP contribution >= 0.6 is 0 Å². The minimum Gasteiger partial charge on any atom is -0.394 e. The van der Waals surface area contributed by atoms with Gasteiger partial charge in [-0.05, 0) is 30.4 Å². The Morgan fingerprint density at radius 2 is 2.27 bits per heavy atom. The highest BCUT2D eigenvalue weighted by Crippen LogP contribution is 2.39. The molecule has 3 heteroatoms. The fourth-order valence-electron chi connectivity index (χ4n) is 1.17. The van der Waals surface area contributed by atoms with Crippen molar-refractivity contribution in [2.24, 2.45) is 0 Å². The fraction of sp³-hybridized carbons (Fsp3) is 0.375. The number of hydrogen-bond acceptors (Lipinski definition) is 2. The Labute approximate surface area is 64.2 Å². The van der Waals surface area contributed by atoms with Crippen molar-refractivity contribution in [2.45, 2.75) is 18.8 Å². The van der Waals surface area contributed by atoms with E-state index in [1.54, 1.807) is 12.3 Å². The normalized spacial score (nSPS) is 16.7. The van der Waals surface area contributed by atoms with E-state index in [9.17, 15) is 4.79 Å². The van der Waals surface area contributed by atoms with Gasteiger partial charge >= 0.3 is 0 Å². The van der Waals surface area contributed by atoms with Gasteiger partial charge in [0, 0.05) is 6.20 Å². The molecule has 11 heavy (non-hydrogen) atoms. The van der Waals surface area contributed by atoms with Crippen LogP contribution in [0.3, 0.4) is 0 Å². The number of anilines is 1. The number of aromatic amines is 1. The summed E-state index contributed by atoms with van der Waals surface area (Å²) in [5.74, 6) is 0.647. The second-order valence-electron chi connectivity index (χ2n) is 2.99. The van der Waals surface area contributed by atoms with Crippen LogP contribution in [0.4, 0.5) is 5.69 Å². The number of pyridine rings is 1. The van der Waals surface area contributed by atoms with Gasteiger partial charge in [0.2, 0.25) is 0 Å². The van der Waals surface area contributed by atoms with E-state index in [0.717, 1.165) is 0 Å². The largest absolute Gasteiger partial charge is 0.394 e. The highest BCUT2D eigenvalue weighted by molar-refractivity contribution is 5.39. The maximum atomic E-state index is 10.8. The highest BCUT2D eigenvalue weighted by Gasteiger charge is 2.23. The van der Waals surface area contributed by atoms with Crippen LogP contribution in [-0.2, 0) is 0 Å². The van der Waals surface area contributed by atoms with Crippen molar-refractivity contribution in [3.8, 4) is 0 Å². The molecule has 1 aliphatic carbocycles. The summed E-state index contributed by atoms with van der Waals surface area (Å²) in [6.07, 6.45) is 4.22. The summed E-state index contributed by atoms with van der Waals surface area (Å²) in [6.45, 7) is 0. The molecule has 1 saturated carbocycles. The molecule has 58 valence electrons. The molecule has 1 aromatic heterocycles. The van der Waals surface area contributed by atoms with Crippen LogP contribution in [0.25, 0.3) is 0 Å². The van der Waals surface area contributed by atoms with E-state index in [-0.39, 0.29) is 5.56 Å². The van der Waals surface area contributed by atoms with E-state index in [1.807, 2.05) is 0 Å². The molecule has 0 spiro atoms. The van der Waals surface area contributed by atoms with Crippen LogP contribution in [0.1, 0.15) is 24.3 Å². The summed E-state index contributed by atoms with van der Waals surface area (Å²) >= 11 is 0. The van der Waals surface area contributed by atoms with E-state index >= 15 is 0 Å².